The molecule has 6 nitrogen and oxygen atoms in total. The number of carbonyl (C=O) groups is 1. The van der Waals surface area contributed by atoms with Gasteiger partial charge in [0.15, 0.2) is 11.2 Å². The lowest BCUT2D eigenvalue weighted by atomic mass is 10.1. The Labute approximate surface area is 104 Å². The molecule has 0 aliphatic heterocycles. The smallest absolute Gasteiger partial charge is 0.261 e. The van der Waals surface area contributed by atoms with Crippen LogP contribution in [0.3, 0.4) is 0 Å². The molecule has 0 fully saturated rings. The molecule has 0 aliphatic rings. The number of nitrogens with zero attached hydrogens (tertiary/aromatic N) is 2. The van der Waals surface area contributed by atoms with Crippen LogP contribution in [0.25, 0.3) is 11.0 Å². The summed E-state index contributed by atoms with van der Waals surface area (Å²) in [5.74, 6) is 0.0932. The number of hydrogen-bond acceptors (Lipinski definition) is 5. The minimum absolute atomic E-state index is 0.282. The van der Waals surface area contributed by atoms with E-state index < -0.39 is 11.5 Å². The van der Waals surface area contributed by atoms with Gasteiger partial charge < -0.3 is 16.2 Å². The van der Waals surface area contributed by atoms with E-state index in [2.05, 4.69) is 9.97 Å². The zero-order chi connectivity index (χ0) is 13.3. The van der Waals surface area contributed by atoms with Gasteiger partial charge in [-0.2, -0.15) is 4.98 Å². The van der Waals surface area contributed by atoms with Crippen LogP contribution in [0.1, 0.15) is 13.8 Å². The van der Waals surface area contributed by atoms with Crippen molar-refractivity contribution in [2.45, 2.75) is 19.4 Å². The van der Waals surface area contributed by atoms with E-state index in [1.807, 2.05) is 6.07 Å². The van der Waals surface area contributed by atoms with Crippen molar-refractivity contribution in [3.05, 3.63) is 24.3 Å². The quantitative estimate of drug-likeness (QED) is 0.835. The van der Waals surface area contributed by atoms with E-state index in [-0.39, 0.29) is 5.88 Å². The first-order chi connectivity index (χ1) is 8.38. The van der Waals surface area contributed by atoms with E-state index in [4.69, 9.17) is 16.2 Å². The minimum Gasteiger partial charge on any atom is -0.461 e. The number of aromatic nitrogens is 2. The molecule has 1 amide bonds. The molecule has 2 heterocycles. The number of rotatable bonds is 3. The summed E-state index contributed by atoms with van der Waals surface area (Å²) >= 11 is 0. The average Bonchev–Trinajstić information content (AvgIpc) is 2.27. The summed E-state index contributed by atoms with van der Waals surface area (Å²) in [7, 11) is 0. The van der Waals surface area contributed by atoms with Gasteiger partial charge >= 0.3 is 0 Å². The molecule has 0 radical (unpaired) electrons. The highest BCUT2D eigenvalue weighted by molar-refractivity contribution is 5.83. The van der Waals surface area contributed by atoms with Crippen LogP contribution in [0.4, 0.5) is 5.82 Å². The summed E-state index contributed by atoms with van der Waals surface area (Å²) in [6.45, 7) is 3.15. The van der Waals surface area contributed by atoms with Gasteiger partial charge in [-0.05, 0) is 32.0 Å². The summed E-state index contributed by atoms with van der Waals surface area (Å²) in [4.78, 5) is 19.4. The molecule has 4 N–H and O–H groups in total. The van der Waals surface area contributed by atoms with Crippen LogP contribution in [-0.4, -0.2) is 21.5 Å². The molecule has 0 unspecified atom stereocenters. The van der Waals surface area contributed by atoms with Gasteiger partial charge in [-0.25, -0.2) is 4.98 Å². The van der Waals surface area contributed by atoms with Gasteiger partial charge in [0, 0.05) is 11.5 Å². The number of amides is 1. The number of nitrogens with two attached hydrogens (primary N) is 2. The molecule has 2 aromatic heterocycles. The van der Waals surface area contributed by atoms with Gasteiger partial charge in [0.25, 0.3) is 5.91 Å². The molecule has 0 atom stereocenters. The van der Waals surface area contributed by atoms with E-state index in [9.17, 15) is 4.79 Å². The van der Waals surface area contributed by atoms with Crippen molar-refractivity contribution in [2.75, 3.05) is 5.73 Å². The second-order valence-electron chi connectivity index (χ2n) is 4.41. The number of primary amides is 1. The fourth-order valence-electron chi connectivity index (χ4n) is 1.36. The van der Waals surface area contributed by atoms with Crippen molar-refractivity contribution in [1.82, 2.24) is 9.97 Å². The van der Waals surface area contributed by atoms with Gasteiger partial charge in [-0.1, -0.05) is 0 Å². The zero-order valence-electron chi connectivity index (χ0n) is 10.2. The molecule has 18 heavy (non-hydrogen) atoms. The molecule has 0 aromatic carbocycles. The second kappa shape index (κ2) is 4.14. The third kappa shape index (κ3) is 2.32. The lowest BCUT2D eigenvalue weighted by Crippen LogP contribution is -2.43. The van der Waals surface area contributed by atoms with E-state index in [1.165, 1.54) is 0 Å². The predicted molar refractivity (Wildman–Crippen MR) is 67.9 cm³/mol. The number of nitrogen functional groups attached to an aromatic ring is 1. The van der Waals surface area contributed by atoms with Crippen LogP contribution in [0.2, 0.25) is 0 Å². The van der Waals surface area contributed by atoms with Gasteiger partial charge in [0.1, 0.15) is 5.82 Å². The normalized spacial score (nSPS) is 11.4. The summed E-state index contributed by atoms with van der Waals surface area (Å²) in [6.07, 6.45) is 0. The van der Waals surface area contributed by atoms with Crippen LogP contribution < -0.4 is 16.2 Å². The Morgan fingerprint density at radius 3 is 2.56 bits per heavy atom. The Hall–Kier alpha value is -2.37. The van der Waals surface area contributed by atoms with Gasteiger partial charge in [0.2, 0.25) is 5.88 Å². The third-order valence-corrected chi connectivity index (χ3v) is 2.50. The summed E-state index contributed by atoms with van der Waals surface area (Å²) < 4.78 is 5.44. The van der Waals surface area contributed by atoms with Crippen molar-refractivity contribution in [3.63, 3.8) is 0 Å². The molecule has 0 aliphatic carbocycles. The van der Waals surface area contributed by atoms with Crippen LogP contribution >= 0.6 is 0 Å². The molecule has 2 rings (SSSR count). The maximum absolute atomic E-state index is 11.2. The molecular formula is C12H14N4O2. The monoisotopic (exact) mass is 246 g/mol. The fourth-order valence-corrected chi connectivity index (χ4v) is 1.36. The summed E-state index contributed by atoms with van der Waals surface area (Å²) in [5, 5.41) is 0.841. The topological polar surface area (TPSA) is 104 Å². The van der Waals surface area contributed by atoms with E-state index >= 15 is 0 Å². The Bertz CT molecular complexity index is 610. The fraction of sp³-hybridized carbons (Fsp3) is 0.250. The Kier molecular flexibility index (Phi) is 2.78. The molecule has 0 spiro atoms. The molecule has 94 valence electrons. The molecule has 2 aromatic rings. The number of carbonyl (C=O) groups excluding carboxylic acids is 1. The van der Waals surface area contributed by atoms with Crippen molar-refractivity contribution >= 4 is 22.8 Å². The van der Waals surface area contributed by atoms with Crippen LogP contribution in [0.15, 0.2) is 24.3 Å². The van der Waals surface area contributed by atoms with Crippen molar-refractivity contribution in [2.24, 2.45) is 5.73 Å². The third-order valence-electron chi connectivity index (χ3n) is 2.50. The van der Waals surface area contributed by atoms with Gasteiger partial charge in [-0.15, -0.1) is 0 Å². The Morgan fingerprint density at radius 1 is 1.22 bits per heavy atom. The highest BCUT2D eigenvalue weighted by atomic mass is 16.5. The standard InChI is InChI=1S/C12H14N4O2/c1-12(2,11(14)17)18-9-6-4-7-3-5-8(13)15-10(7)16-9/h3-6H,1-2H3,(H2,14,17)(H2,13,15,16). The SMILES string of the molecule is CC(C)(Oc1ccc2ccc(N)nc2n1)C(N)=O. The highest BCUT2D eigenvalue weighted by Crippen LogP contribution is 2.20. The maximum Gasteiger partial charge on any atom is 0.261 e. The number of fused-ring (bicyclic) bond motifs is 1. The van der Waals surface area contributed by atoms with E-state index in [0.29, 0.717) is 11.5 Å². The second-order valence-corrected chi connectivity index (χ2v) is 4.41. The number of anilines is 1. The largest absolute Gasteiger partial charge is 0.461 e. The average molecular weight is 246 g/mol. The molecule has 0 bridgehead atoms. The first-order valence-electron chi connectivity index (χ1n) is 5.41. The number of hydrogen-bond donors (Lipinski definition) is 2. The first-order valence-corrected chi connectivity index (χ1v) is 5.41. The highest BCUT2D eigenvalue weighted by Gasteiger charge is 2.27. The van der Waals surface area contributed by atoms with Gasteiger partial charge in [-0.3, -0.25) is 4.79 Å². The summed E-state index contributed by atoms with van der Waals surface area (Å²) in [5.41, 5.74) is 10.2. The first kappa shape index (κ1) is 12.1. The Morgan fingerprint density at radius 2 is 1.89 bits per heavy atom. The zero-order valence-corrected chi connectivity index (χ0v) is 10.2. The van der Waals surface area contributed by atoms with Crippen molar-refractivity contribution in [1.29, 1.82) is 0 Å². The van der Waals surface area contributed by atoms with E-state index in [1.54, 1.807) is 32.0 Å². The number of pyridine rings is 2. The predicted octanol–water partition coefficient (Wildman–Crippen LogP) is 0.855. The van der Waals surface area contributed by atoms with Crippen molar-refractivity contribution in [3.8, 4) is 5.88 Å². The maximum atomic E-state index is 11.2. The molecule has 0 saturated heterocycles. The van der Waals surface area contributed by atoms with Crippen LogP contribution in [0, 0.1) is 0 Å². The van der Waals surface area contributed by atoms with E-state index in [0.717, 1.165) is 5.39 Å². The lowest BCUT2D eigenvalue weighted by molar-refractivity contribution is -0.130. The Balaban J connectivity index is 2.38. The van der Waals surface area contributed by atoms with Gasteiger partial charge in [0.05, 0.1) is 0 Å². The van der Waals surface area contributed by atoms with Crippen LogP contribution in [-0.2, 0) is 4.79 Å². The minimum atomic E-state index is -1.12. The van der Waals surface area contributed by atoms with Crippen LogP contribution in [0.5, 0.6) is 5.88 Å². The molecular weight excluding hydrogens is 232 g/mol. The lowest BCUT2D eigenvalue weighted by Gasteiger charge is -2.21. The molecule has 6 heteroatoms. The molecule has 0 saturated carbocycles. The summed E-state index contributed by atoms with van der Waals surface area (Å²) in [6, 6.07) is 6.96. The van der Waals surface area contributed by atoms with Crippen molar-refractivity contribution < 1.29 is 9.53 Å². The number of ether oxygens (including phenoxy) is 1.